The van der Waals surface area contributed by atoms with Gasteiger partial charge in [0, 0.05) is 31.3 Å². The molecule has 0 aliphatic carbocycles. The standard InChI is InChI=1S/C27H31N3O3/c1-5-33-27(31)30-17-16-29(18-24(30)21-10-6-19(2)7-11-21)23-14-15-25(32-4)28-26(23)22-12-8-20(3)9-13-22/h6-15,24H,5,16-18H2,1-4H3. The first-order chi connectivity index (χ1) is 16.0. The summed E-state index contributed by atoms with van der Waals surface area (Å²) in [4.78, 5) is 21.7. The molecule has 172 valence electrons. The molecule has 1 aliphatic rings. The fourth-order valence-corrected chi connectivity index (χ4v) is 4.23. The zero-order chi connectivity index (χ0) is 23.4. The van der Waals surface area contributed by atoms with Gasteiger partial charge >= 0.3 is 6.09 Å². The van der Waals surface area contributed by atoms with Crippen LogP contribution in [0.5, 0.6) is 5.88 Å². The van der Waals surface area contributed by atoms with Gasteiger partial charge in [-0.25, -0.2) is 9.78 Å². The van der Waals surface area contributed by atoms with Crippen molar-refractivity contribution in [2.24, 2.45) is 0 Å². The smallest absolute Gasteiger partial charge is 0.410 e. The number of methoxy groups -OCH3 is 1. The molecule has 1 saturated heterocycles. The van der Waals surface area contributed by atoms with Gasteiger partial charge in [-0.3, -0.25) is 4.90 Å². The number of carbonyl (C=O) groups is 1. The minimum Gasteiger partial charge on any atom is -0.481 e. The third kappa shape index (κ3) is 4.95. The summed E-state index contributed by atoms with van der Waals surface area (Å²) in [6.45, 7) is 8.24. The second-order valence-electron chi connectivity index (χ2n) is 8.35. The Morgan fingerprint density at radius 2 is 1.64 bits per heavy atom. The van der Waals surface area contributed by atoms with Gasteiger partial charge in [-0.1, -0.05) is 59.7 Å². The van der Waals surface area contributed by atoms with Crippen LogP contribution in [0.15, 0.2) is 60.7 Å². The molecule has 1 unspecified atom stereocenters. The minimum atomic E-state index is -0.269. The summed E-state index contributed by atoms with van der Waals surface area (Å²) in [6.07, 6.45) is -0.269. The van der Waals surface area contributed by atoms with Gasteiger partial charge in [0.05, 0.1) is 31.1 Å². The number of rotatable bonds is 5. The first-order valence-corrected chi connectivity index (χ1v) is 11.4. The van der Waals surface area contributed by atoms with Crippen LogP contribution in [-0.4, -0.2) is 49.3 Å². The van der Waals surface area contributed by atoms with E-state index >= 15 is 0 Å². The maximum atomic E-state index is 12.8. The molecule has 3 aromatic rings. The van der Waals surface area contributed by atoms with E-state index < -0.39 is 0 Å². The maximum Gasteiger partial charge on any atom is 0.410 e. The number of amides is 1. The minimum absolute atomic E-state index is 0.119. The van der Waals surface area contributed by atoms with Gasteiger partial charge in [0.15, 0.2) is 0 Å². The van der Waals surface area contributed by atoms with E-state index in [9.17, 15) is 4.79 Å². The first kappa shape index (κ1) is 22.6. The van der Waals surface area contributed by atoms with E-state index in [1.54, 1.807) is 7.11 Å². The number of hydrogen-bond acceptors (Lipinski definition) is 5. The highest BCUT2D eigenvalue weighted by molar-refractivity contribution is 5.77. The molecule has 6 nitrogen and oxygen atoms in total. The van der Waals surface area contributed by atoms with Crippen LogP contribution in [0, 0.1) is 13.8 Å². The lowest BCUT2D eigenvalue weighted by Crippen LogP contribution is -2.51. The van der Waals surface area contributed by atoms with Crippen molar-refractivity contribution in [2.75, 3.05) is 38.3 Å². The summed E-state index contributed by atoms with van der Waals surface area (Å²) in [7, 11) is 1.63. The van der Waals surface area contributed by atoms with Crippen LogP contribution < -0.4 is 9.64 Å². The molecule has 1 aromatic heterocycles. The van der Waals surface area contributed by atoms with E-state index in [1.807, 2.05) is 17.9 Å². The number of aryl methyl sites for hydroxylation is 2. The highest BCUT2D eigenvalue weighted by atomic mass is 16.6. The van der Waals surface area contributed by atoms with Crippen LogP contribution in [0.2, 0.25) is 0 Å². The van der Waals surface area contributed by atoms with E-state index in [1.165, 1.54) is 11.1 Å². The van der Waals surface area contributed by atoms with Crippen LogP contribution >= 0.6 is 0 Å². The van der Waals surface area contributed by atoms with Crippen LogP contribution in [0.3, 0.4) is 0 Å². The molecule has 1 amide bonds. The second-order valence-corrected chi connectivity index (χ2v) is 8.35. The third-order valence-corrected chi connectivity index (χ3v) is 6.07. The lowest BCUT2D eigenvalue weighted by atomic mass is 10.00. The number of hydrogen-bond donors (Lipinski definition) is 0. The number of nitrogens with zero attached hydrogens (tertiary/aromatic N) is 3. The van der Waals surface area contributed by atoms with E-state index in [0.29, 0.717) is 32.1 Å². The van der Waals surface area contributed by atoms with Crippen LogP contribution in [-0.2, 0) is 4.74 Å². The van der Waals surface area contributed by atoms with E-state index in [-0.39, 0.29) is 12.1 Å². The zero-order valence-electron chi connectivity index (χ0n) is 19.7. The van der Waals surface area contributed by atoms with Gasteiger partial charge < -0.3 is 14.4 Å². The van der Waals surface area contributed by atoms with Gasteiger partial charge in [0.1, 0.15) is 0 Å². The average molecular weight is 446 g/mol. The van der Waals surface area contributed by atoms with Gasteiger partial charge in [0.2, 0.25) is 5.88 Å². The van der Waals surface area contributed by atoms with Crippen molar-refractivity contribution in [1.82, 2.24) is 9.88 Å². The van der Waals surface area contributed by atoms with E-state index in [0.717, 1.165) is 22.5 Å². The molecular formula is C27H31N3O3. The number of anilines is 1. The molecule has 2 heterocycles. The SMILES string of the molecule is CCOC(=O)N1CCN(c2ccc(OC)nc2-c2ccc(C)cc2)CC1c1ccc(C)cc1. The normalized spacial score (nSPS) is 15.9. The molecule has 0 N–H and O–H groups in total. The first-order valence-electron chi connectivity index (χ1n) is 11.4. The Kier molecular flexibility index (Phi) is 6.82. The van der Waals surface area contributed by atoms with Crippen LogP contribution in [0.25, 0.3) is 11.3 Å². The van der Waals surface area contributed by atoms with Crippen molar-refractivity contribution in [2.45, 2.75) is 26.8 Å². The average Bonchev–Trinajstić information content (AvgIpc) is 2.84. The predicted molar refractivity (Wildman–Crippen MR) is 131 cm³/mol. The van der Waals surface area contributed by atoms with Crippen molar-refractivity contribution in [1.29, 1.82) is 0 Å². The highest BCUT2D eigenvalue weighted by Gasteiger charge is 2.33. The number of carbonyl (C=O) groups excluding carboxylic acids is 1. The third-order valence-electron chi connectivity index (χ3n) is 6.07. The largest absolute Gasteiger partial charge is 0.481 e. The Bertz CT molecular complexity index is 1100. The fraction of sp³-hybridized carbons (Fsp3) is 0.333. The molecule has 1 fully saturated rings. The summed E-state index contributed by atoms with van der Waals surface area (Å²) >= 11 is 0. The van der Waals surface area contributed by atoms with Gasteiger partial charge in [-0.15, -0.1) is 0 Å². The Morgan fingerprint density at radius 1 is 0.970 bits per heavy atom. The highest BCUT2D eigenvalue weighted by Crippen LogP contribution is 2.35. The lowest BCUT2D eigenvalue weighted by Gasteiger charge is -2.42. The molecule has 0 bridgehead atoms. The molecule has 0 spiro atoms. The molecule has 6 heteroatoms. The molecule has 1 atom stereocenters. The summed E-state index contributed by atoms with van der Waals surface area (Å²) in [6, 6.07) is 20.6. The topological polar surface area (TPSA) is 54.9 Å². The lowest BCUT2D eigenvalue weighted by molar-refractivity contribution is 0.0853. The Balaban J connectivity index is 1.71. The predicted octanol–water partition coefficient (Wildman–Crippen LogP) is 5.39. The molecule has 4 rings (SSSR count). The molecule has 1 aliphatic heterocycles. The van der Waals surface area contributed by atoms with Crippen molar-refractivity contribution in [3.8, 4) is 17.1 Å². The maximum absolute atomic E-state index is 12.8. The fourth-order valence-electron chi connectivity index (χ4n) is 4.23. The Morgan fingerprint density at radius 3 is 2.27 bits per heavy atom. The number of aromatic nitrogens is 1. The molecule has 33 heavy (non-hydrogen) atoms. The van der Waals surface area contributed by atoms with Gasteiger partial charge in [0.25, 0.3) is 0 Å². The van der Waals surface area contributed by atoms with Crippen molar-refractivity contribution in [3.05, 3.63) is 77.4 Å². The quantitative estimate of drug-likeness (QED) is 0.527. The Hall–Kier alpha value is -3.54. The summed E-state index contributed by atoms with van der Waals surface area (Å²) in [5.41, 5.74) is 6.42. The van der Waals surface area contributed by atoms with Crippen LogP contribution in [0.1, 0.15) is 29.7 Å². The van der Waals surface area contributed by atoms with E-state index in [4.69, 9.17) is 14.5 Å². The second kappa shape index (κ2) is 9.94. The van der Waals surface area contributed by atoms with Crippen molar-refractivity contribution >= 4 is 11.8 Å². The van der Waals surface area contributed by atoms with Crippen LogP contribution in [0.4, 0.5) is 10.5 Å². The van der Waals surface area contributed by atoms with E-state index in [2.05, 4.69) is 73.3 Å². The summed E-state index contributed by atoms with van der Waals surface area (Å²) in [5.74, 6) is 0.578. The Labute approximate surface area is 195 Å². The number of pyridine rings is 1. The van der Waals surface area contributed by atoms with Crippen molar-refractivity contribution < 1.29 is 14.3 Å². The monoisotopic (exact) mass is 445 g/mol. The number of piperazine rings is 1. The van der Waals surface area contributed by atoms with Gasteiger partial charge in [-0.2, -0.15) is 0 Å². The number of benzene rings is 2. The number of ether oxygens (including phenoxy) is 2. The molecule has 0 radical (unpaired) electrons. The molecule has 0 saturated carbocycles. The van der Waals surface area contributed by atoms with Gasteiger partial charge in [-0.05, 0) is 32.4 Å². The molecular weight excluding hydrogens is 414 g/mol. The van der Waals surface area contributed by atoms with Crippen molar-refractivity contribution in [3.63, 3.8) is 0 Å². The molecule has 2 aromatic carbocycles. The summed E-state index contributed by atoms with van der Waals surface area (Å²) in [5, 5.41) is 0. The zero-order valence-corrected chi connectivity index (χ0v) is 19.7. The summed E-state index contributed by atoms with van der Waals surface area (Å²) < 4.78 is 10.8.